The van der Waals surface area contributed by atoms with Crippen LogP contribution < -0.4 is 15.5 Å². The fourth-order valence-corrected chi connectivity index (χ4v) is 2.26. The summed E-state index contributed by atoms with van der Waals surface area (Å²) in [7, 11) is 0. The zero-order valence-corrected chi connectivity index (χ0v) is 16.0. The molecule has 27 heavy (non-hydrogen) atoms. The van der Waals surface area contributed by atoms with Crippen LogP contribution in [0.15, 0.2) is 53.6 Å². The molecule has 0 saturated heterocycles. The summed E-state index contributed by atoms with van der Waals surface area (Å²) in [6.45, 7) is 4.10. The van der Waals surface area contributed by atoms with Crippen molar-refractivity contribution in [3.8, 4) is 5.75 Å². The minimum absolute atomic E-state index is 0.00535. The van der Waals surface area contributed by atoms with Crippen LogP contribution in [-0.4, -0.2) is 24.1 Å². The molecule has 0 heterocycles. The third-order valence-electron chi connectivity index (χ3n) is 3.37. The van der Waals surface area contributed by atoms with Crippen molar-refractivity contribution < 1.29 is 14.3 Å². The van der Waals surface area contributed by atoms with Crippen molar-refractivity contribution in [1.82, 2.24) is 10.7 Å². The van der Waals surface area contributed by atoms with E-state index >= 15 is 0 Å². The first-order valence-corrected chi connectivity index (χ1v) is 8.89. The topological polar surface area (TPSA) is 79.8 Å². The van der Waals surface area contributed by atoms with Crippen LogP contribution in [0.4, 0.5) is 0 Å². The van der Waals surface area contributed by atoms with Crippen LogP contribution in [0.25, 0.3) is 0 Å². The predicted octanol–water partition coefficient (Wildman–Crippen LogP) is 3.28. The van der Waals surface area contributed by atoms with Gasteiger partial charge in [-0.3, -0.25) is 9.59 Å². The highest BCUT2D eigenvalue weighted by Crippen LogP contribution is 2.15. The van der Waals surface area contributed by atoms with Gasteiger partial charge in [-0.2, -0.15) is 5.10 Å². The SMILES string of the molecule is CC(C)NC(=O)CC(=O)N/N=C\c1ccc(OCc2ccc(Cl)cc2)cc1. The second-order valence-electron chi connectivity index (χ2n) is 6.18. The van der Waals surface area contributed by atoms with E-state index in [1.807, 2.05) is 62.4 Å². The lowest BCUT2D eigenvalue weighted by atomic mass is 10.2. The first kappa shape index (κ1) is 20.5. The van der Waals surface area contributed by atoms with Crippen LogP contribution in [0.1, 0.15) is 31.4 Å². The van der Waals surface area contributed by atoms with Gasteiger partial charge in [0.1, 0.15) is 18.8 Å². The maximum absolute atomic E-state index is 11.6. The lowest BCUT2D eigenvalue weighted by Crippen LogP contribution is -2.34. The van der Waals surface area contributed by atoms with E-state index in [0.717, 1.165) is 16.9 Å². The molecule has 2 amide bonds. The molecule has 2 aromatic carbocycles. The highest BCUT2D eigenvalue weighted by molar-refractivity contribution is 6.30. The van der Waals surface area contributed by atoms with Gasteiger partial charge in [-0.1, -0.05) is 23.7 Å². The van der Waals surface area contributed by atoms with Crippen molar-refractivity contribution in [3.05, 3.63) is 64.7 Å². The van der Waals surface area contributed by atoms with Gasteiger partial charge in [0.05, 0.1) is 6.21 Å². The molecule has 0 radical (unpaired) electrons. The van der Waals surface area contributed by atoms with Gasteiger partial charge in [0.2, 0.25) is 11.8 Å². The summed E-state index contributed by atoms with van der Waals surface area (Å²) >= 11 is 5.85. The van der Waals surface area contributed by atoms with Crippen LogP contribution in [0.2, 0.25) is 5.02 Å². The summed E-state index contributed by atoms with van der Waals surface area (Å²) in [5.41, 5.74) is 4.14. The predicted molar refractivity (Wildman–Crippen MR) is 106 cm³/mol. The van der Waals surface area contributed by atoms with Crippen LogP contribution in [-0.2, 0) is 16.2 Å². The number of nitrogens with zero attached hydrogens (tertiary/aromatic N) is 1. The van der Waals surface area contributed by atoms with Crippen molar-refractivity contribution in [1.29, 1.82) is 0 Å². The van der Waals surface area contributed by atoms with Crippen LogP contribution in [0, 0.1) is 0 Å². The van der Waals surface area contributed by atoms with E-state index in [0.29, 0.717) is 11.6 Å². The smallest absolute Gasteiger partial charge is 0.249 e. The van der Waals surface area contributed by atoms with Crippen molar-refractivity contribution in [2.45, 2.75) is 32.9 Å². The Balaban J connectivity index is 1.77. The summed E-state index contributed by atoms with van der Waals surface area (Å²) in [6, 6.07) is 14.7. The molecule has 0 atom stereocenters. The van der Waals surface area contributed by atoms with E-state index in [4.69, 9.17) is 16.3 Å². The zero-order valence-electron chi connectivity index (χ0n) is 15.2. The molecule has 0 unspecified atom stereocenters. The average molecular weight is 388 g/mol. The largest absolute Gasteiger partial charge is 0.489 e. The number of nitrogens with one attached hydrogen (secondary N) is 2. The Morgan fingerprint density at radius 1 is 1.07 bits per heavy atom. The molecule has 2 aromatic rings. The van der Waals surface area contributed by atoms with Crippen LogP contribution in [0.5, 0.6) is 5.75 Å². The highest BCUT2D eigenvalue weighted by atomic mass is 35.5. The number of amides is 2. The summed E-state index contributed by atoms with van der Waals surface area (Å²) in [5.74, 6) is -0.0799. The minimum atomic E-state index is -0.465. The van der Waals surface area contributed by atoms with Gasteiger partial charge in [0, 0.05) is 11.1 Å². The third-order valence-corrected chi connectivity index (χ3v) is 3.62. The quantitative estimate of drug-likeness (QED) is 0.414. The van der Waals surface area contributed by atoms with Crippen LogP contribution in [0.3, 0.4) is 0 Å². The number of benzene rings is 2. The molecule has 142 valence electrons. The molecule has 0 fully saturated rings. The summed E-state index contributed by atoms with van der Waals surface area (Å²) in [4.78, 5) is 23.1. The molecule has 0 saturated carbocycles. The van der Waals surface area contributed by atoms with Crippen LogP contribution >= 0.6 is 11.6 Å². The number of ether oxygens (including phenoxy) is 1. The van der Waals surface area contributed by atoms with Gasteiger partial charge >= 0.3 is 0 Å². The van der Waals surface area contributed by atoms with Gasteiger partial charge in [0.15, 0.2) is 0 Å². The van der Waals surface area contributed by atoms with E-state index < -0.39 is 5.91 Å². The summed E-state index contributed by atoms with van der Waals surface area (Å²) < 4.78 is 5.70. The molecule has 0 aliphatic rings. The number of carbonyl (C=O) groups excluding carboxylic acids is 2. The summed E-state index contributed by atoms with van der Waals surface area (Å²) in [5, 5.41) is 7.18. The van der Waals surface area contributed by atoms with Gasteiger partial charge in [-0.25, -0.2) is 5.43 Å². The van der Waals surface area contributed by atoms with E-state index in [9.17, 15) is 9.59 Å². The Morgan fingerprint density at radius 3 is 2.37 bits per heavy atom. The molecule has 6 nitrogen and oxygen atoms in total. The normalized spacial score (nSPS) is 10.8. The first-order valence-electron chi connectivity index (χ1n) is 8.51. The fraction of sp³-hybridized carbons (Fsp3) is 0.250. The molecule has 0 spiro atoms. The van der Waals surface area contributed by atoms with E-state index in [1.54, 1.807) is 0 Å². The molecule has 0 bridgehead atoms. The summed E-state index contributed by atoms with van der Waals surface area (Å²) in [6.07, 6.45) is 1.24. The highest BCUT2D eigenvalue weighted by Gasteiger charge is 2.09. The van der Waals surface area contributed by atoms with E-state index in [-0.39, 0.29) is 18.4 Å². The second-order valence-corrected chi connectivity index (χ2v) is 6.61. The van der Waals surface area contributed by atoms with E-state index in [1.165, 1.54) is 6.21 Å². The number of hydrogen-bond acceptors (Lipinski definition) is 4. The zero-order chi connectivity index (χ0) is 19.6. The van der Waals surface area contributed by atoms with E-state index in [2.05, 4.69) is 15.8 Å². The minimum Gasteiger partial charge on any atom is -0.489 e. The molecule has 2 rings (SSSR count). The Hall–Kier alpha value is -2.86. The molecule has 0 aliphatic carbocycles. The maximum Gasteiger partial charge on any atom is 0.249 e. The average Bonchev–Trinajstić information content (AvgIpc) is 2.61. The number of carbonyl (C=O) groups is 2. The second kappa shape index (κ2) is 10.3. The third kappa shape index (κ3) is 7.92. The monoisotopic (exact) mass is 387 g/mol. The Bertz CT molecular complexity index is 787. The number of hydrazone groups is 1. The maximum atomic E-state index is 11.6. The molecule has 7 heteroatoms. The first-order chi connectivity index (χ1) is 12.9. The molecular weight excluding hydrogens is 366 g/mol. The molecule has 0 aromatic heterocycles. The lowest BCUT2D eigenvalue weighted by Gasteiger charge is -2.07. The Kier molecular flexibility index (Phi) is 7.82. The van der Waals surface area contributed by atoms with Gasteiger partial charge in [-0.15, -0.1) is 0 Å². The molecule has 0 aliphatic heterocycles. The van der Waals surface area contributed by atoms with Crippen molar-refractivity contribution >= 4 is 29.6 Å². The number of rotatable bonds is 8. The van der Waals surface area contributed by atoms with Crippen molar-refractivity contribution in [2.75, 3.05) is 0 Å². The van der Waals surface area contributed by atoms with Gasteiger partial charge in [-0.05, 0) is 61.4 Å². The lowest BCUT2D eigenvalue weighted by molar-refractivity contribution is -0.129. The Morgan fingerprint density at radius 2 is 1.74 bits per heavy atom. The molecule has 2 N–H and O–H groups in total. The number of hydrogen-bond donors (Lipinski definition) is 2. The van der Waals surface area contributed by atoms with Crippen molar-refractivity contribution in [3.63, 3.8) is 0 Å². The molecular formula is C20H22ClN3O3. The fourth-order valence-electron chi connectivity index (χ4n) is 2.13. The Labute approximate surface area is 163 Å². The van der Waals surface area contributed by atoms with Gasteiger partial charge in [0.25, 0.3) is 0 Å². The van der Waals surface area contributed by atoms with Crippen molar-refractivity contribution in [2.24, 2.45) is 5.10 Å². The standard InChI is InChI=1S/C20H22ClN3O3/c1-14(2)23-19(25)11-20(26)24-22-12-15-5-9-18(10-6-15)27-13-16-3-7-17(21)8-4-16/h3-10,12,14H,11,13H2,1-2H3,(H,23,25)(H,24,26)/b22-12-. The van der Waals surface area contributed by atoms with Gasteiger partial charge < -0.3 is 10.1 Å². The number of halogens is 1.